The van der Waals surface area contributed by atoms with Crippen molar-refractivity contribution in [2.45, 2.75) is 57.9 Å². The van der Waals surface area contributed by atoms with Crippen molar-refractivity contribution >= 4 is 11.9 Å². The summed E-state index contributed by atoms with van der Waals surface area (Å²) in [6, 6.07) is 11.2. The van der Waals surface area contributed by atoms with Crippen molar-refractivity contribution in [2.75, 3.05) is 24.5 Å². The minimum Gasteiger partial charge on any atom is -0.339 e. The lowest BCUT2D eigenvalue weighted by atomic mass is 9.90. The lowest BCUT2D eigenvalue weighted by Crippen LogP contribution is -2.41. The first-order chi connectivity index (χ1) is 14.2. The molecular weight excluding hydrogens is 360 g/mol. The molecule has 0 radical (unpaired) electrons. The summed E-state index contributed by atoms with van der Waals surface area (Å²) in [6.07, 6.45) is 11.5. The molecule has 5 heteroatoms. The fourth-order valence-corrected chi connectivity index (χ4v) is 4.74. The van der Waals surface area contributed by atoms with Gasteiger partial charge in [-0.2, -0.15) is 0 Å². The van der Waals surface area contributed by atoms with E-state index in [1.807, 2.05) is 4.90 Å². The van der Waals surface area contributed by atoms with Gasteiger partial charge >= 0.3 is 0 Å². The number of carbonyl (C=O) groups excluding carboxylic acids is 1. The summed E-state index contributed by atoms with van der Waals surface area (Å²) in [6.45, 7) is 4.88. The molecule has 1 aromatic heterocycles. The Balaban J connectivity index is 1.33. The molecule has 0 bridgehead atoms. The van der Waals surface area contributed by atoms with E-state index < -0.39 is 0 Å². The number of rotatable bonds is 5. The topological polar surface area (TPSA) is 49.3 Å². The molecule has 2 aliphatic rings. The van der Waals surface area contributed by atoms with Gasteiger partial charge < -0.3 is 9.80 Å². The number of hydrogen-bond acceptors (Lipinski definition) is 4. The number of carbonyl (C=O) groups is 1. The van der Waals surface area contributed by atoms with E-state index in [2.05, 4.69) is 52.1 Å². The predicted molar refractivity (Wildman–Crippen MR) is 116 cm³/mol. The third-order valence-electron chi connectivity index (χ3n) is 6.51. The summed E-state index contributed by atoms with van der Waals surface area (Å²) in [5.74, 6) is 1.50. The van der Waals surface area contributed by atoms with Gasteiger partial charge in [-0.05, 0) is 56.4 Å². The normalized spacial score (nSPS) is 20.7. The van der Waals surface area contributed by atoms with Gasteiger partial charge in [0.25, 0.3) is 5.91 Å². The molecular formula is C24H32N4O. The zero-order valence-electron chi connectivity index (χ0n) is 17.5. The number of likely N-dealkylation sites (tertiary alicyclic amines) is 1. The second-order valence-corrected chi connectivity index (χ2v) is 8.45. The highest BCUT2D eigenvalue weighted by Crippen LogP contribution is 2.25. The fraction of sp³-hybridized carbons (Fsp3) is 0.542. The van der Waals surface area contributed by atoms with Gasteiger partial charge in [0.1, 0.15) is 0 Å². The average molecular weight is 393 g/mol. The molecule has 0 N–H and O–H groups in total. The molecule has 3 heterocycles. The molecule has 2 saturated heterocycles. The van der Waals surface area contributed by atoms with Crippen LogP contribution in [0.15, 0.2) is 42.7 Å². The zero-order chi connectivity index (χ0) is 20.1. The molecule has 154 valence electrons. The van der Waals surface area contributed by atoms with Crippen molar-refractivity contribution in [3.05, 3.63) is 53.9 Å². The van der Waals surface area contributed by atoms with Crippen LogP contribution in [0.4, 0.5) is 5.95 Å². The van der Waals surface area contributed by atoms with Gasteiger partial charge in [-0.1, -0.05) is 37.3 Å². The third-order valence-corrected chi connectivity index (χ3v) is 6.51. The molecule has 0 aliphatic carbocycles. The van der Waals surface area contributed by atoms with Crippen LogP contribution in [0.2, 0.25) is 0 Å². The molecule has 0 spiro atoms. The first kappa shape index (κ1) is 19.9. The number of hydrogen-bond donors (Lipinski definition) is 0. The molecule has 0 saturated carbocycles. The lowest BCUT2D eigenvalue weighted by Gasteiger charge is -2.35. The number of aromatic nitrogens is 2. The largest absolute Gasteiger partial charge is 0.339 e. The van der Waals surface area contributed by atoms with Crippen LogP contribution in [0.25, 0.3) is 0 Å². The second-order valence-electron chi connectivity index (χ2n) is 8.45. The maximum absolute atomic E-state index is 12.9. The van der Waals surface area contributed by atoms with Gasteiger partial charge in [-0.15, -0.1) is 0 Å². The summed E-state index contributed by atoms with van der Waals surface area (Å²) in [4.78, 5) is 26.3. The van der Waals surface area contributed by atoms with E-state index in [1.165, 1.54) is 24.8 Å². The van der Waals surface area contributed by atoms with Crippen LogP contribution in [-0.2, 0) is 6.42 Å². The van der Waals surface area contributed by atoms with Crippen molar-refractivity contribution in [1.29, 1.82) is 0 Å². The van der Waals surface area contributed by atoms with Gasteiger partial charge in [0.2, 0.25) is 5.95 Å². The van der Waals surface area contributed by atoms with Crippen LogP contribution in [0.1, 0.15) is 61.4 Å². The molecule has 1 aromatic carbocycles. The van der Waals surface area contributed by atoms with Crippen LogP contribution >= 0.6 is 0 Å². The smallest absolute Gasteiger partial charge is 0.256 e. The maximum Gasteiger partial charge on any atom is 0.256 e. The molecule has 5 nitrogen and oxygen atoms in total. The monoisotopic (exact) mass is 392 g/mol. The Hall–Kier alpha value is -2.43. The van der Waals surface area contributed by atoms with Crippen molar-refractivity contribution in [1.82, 2.24) is 14.9 Å². The van der Waals surface area contributed by atoms with Crippen LogP contribution in [0, 0.1) is 5.92 Å². The van der Waals surface area contributed by atoms with Gasteiger partial charge in [0, 0.05) is 38.1 Å². The first-order valence-electron chi connectivity index (χ1n) is 11.2. The van der Waals surface area contributed by atoms with Crippen molar-refractivity contribution in [3.8, 4) is 0 Å². The summed E-state index contributed by atoms with van der Waals surface area (Å²) < 4.78 is 0. The van der Waals surface area contributed by atoms with Gasteiger partial charge in [0.05, 0.1) is 5.56 Å². The molecule has 4 rings (SSSR count). The Morgan fingerprint density at radius 1 is 1.00 bits per heavy atom. The summed E-state index contributed by atoms with van der Waals surface area (Å²) in [7, 11) is 0. The molecule has 29 heavy (non-hydrogen) atoms. The quantitative estimate of drug-likeness (QED) is 0.759. The number of benzene rings is 1. The summed E-state index contributed by atoms with van der Waals surface area (Å²) in [5, 5.41) is 0. The number of amides is 1. The van der Waals surface area contributed by atoms with E-state index in [1.54, 1.807) is 12.4 Å². The van der Waals surface area contributed by atoms with Gasteiger partial charge in [-0.3, -0.25) is 4.79 Å². The molecule has 1 unspecified atom stereocenters. The number of nitrogens with zero attached hydrogens (tertiary/aromatic N) is 4. The Kier molecular flexibility index (Phi) is 6.43. The first-order valence-corrected chi connectivity index (χ1v) is 11.2. The van der Waals surface area contributed by atoms with E-state index in [0.29, 0.717) is 17.5 Å². The minimum absolute atomic E-state index is 0.0698. The van der Waals surface area contributed by atoms with Crippen LogP contribution in [0.3, 0.4) is 0 Å². The van der Waals surface area contributed by atoms with Crippen molar-refractivity contribution < 1.29 is 4.79 Å². The van der Waals surface area contributed by atoms with Crippen LogP contribution < -0.4 is 4.90 Å². The van der Waals surface area contributed by atoms with E-state index in [4.69, 9.17) is 0 Å². The highest BCUT2D eigenvalue weighted by atomic mass is 16.2. The highest BCUT2D eigenvalue weighted by Gasteiger charge is 2.26. The lowest BCUT2D eigenvalue weighted by molar-refractivity contribution is 0.0689. The Labute approximate surface area is 174 Å². The Morgan fingerprint density at radius 3 is 2.41 bits per heavy atom. The molecule has 2 aromatic rings. The molecule has 2 aliphatic heterocycles. The third kappa shape index (κ3) is 4.77. The SMILES string of the molecule is CCC1CCCCN1c1ncc(C(=O)N2CCC(Cc3ccccc3)CC2)cn1. The van der Waals surface area contributed by atoms with Crippen molar-refractivity contribution in [3.63, 3.8) is 0 Å². The molecule has 1 atom stereocenters. The van der Waals surface area contributed by atoms with E-state index in [9.17, 15) is 4.79 Å². The standard InChI is InChI=1S/C24H32N4O/c1-2-22-10-6-7-13-28(22)24-25-17-21(18-26-24)23(29)27-14-11-20(12-15-27)16-19-8-4-3-5-9-19/h3-5,8-9,17-18,20,22H,2,6-7,10-16H2,1H3. The number of anilines is 1. The predicted octanol–water partition coefficient (Wildman–Crippen LogP) is 4.34. The van der Waals surface area contributed by atoms with Crippen LogP contribution in [0.5, 0.6) is 0 Å². The summed E-state index contributed by atoms with van der Waals surface area (Å²) >= 11 is 0. The molecule has 2 fully saturated rings. The Bertz CT molecular complexity index is 784. The van der Waals surface area contributed by atoms with Crippen LogP contribution in [-0.4, -0.2) is 46.5 Å². The van der Waals surface area contributed by atoms with Crippen molar-refractivity contribution in [2.24, 2.45) is 5.92 Å². The van der Waals surface area contributed by atoms with E-state index in [0.717, 1.165) is 51.3 Å². The molecule has 1 amide bonds. The number of piperidine rings is 2. The highest BCUT2D eigenvalue weighted by molar-refractivity contribution is 5.93. The zero-order valence-corrected chi connectivity index (χ0v) is 17.5. The second kappa shape index (κ2) is 9.38. The average Bonchev–Trinajstić information content (AvgIpc) is 2.80. The van der Waals surface area contributed by atoms with Gasteiger partial charge in [-0.25, -0.2) is 9.97 Å². The Morgan fingerprint density at radius 2 is 1.72 bits per heavy atom. The fourth-order valence-electron chi connectivity index (χ4n) is 4.74. The maximum atomic E-state index is 12.9. The summed E-state index contributed by atoms with van der Waals surface area (Å²) in [5.41, 5.74) is 2.00. The van der Waals surface area contributed by atoms with E-state index >= 15 is 0 Å². The van der Waals surface area contributed by atoms with Gasteiger partial charge in [0.15, 0.2) is 0 Å². The van der Waals surface area contributed by atoms with E-state index in [-0.39, 0.29) is 5.91 Å². The minimum atomic E-state index is 0.0698.